The zero-order chi connectivity index (χ0) is 11.8. The summed E-state index contributed by atoms with van der Waals surface area (Å²) < 4.78 is 7.51. The molecule has 16 heavy (non-hydrogen) atoms. The standard InChI is InChI=1S/C12H20N2O2/c1-4-14-10(5-7-13-14)12(15)6-8-16-11(2,3)9-12/h5,7,15H,4,6,8-9H2,1-3H3. The summed E-state index contributed by atoms with van der Waals surface area (Å²) in [6, 6.07) is 1.91. The summed E-state index contributed by atoms with van der Waals surface area (Å²) in [5.74, 6) is 0. The largest absolute Gasteiger partial charge is 0.383 e. The third-order valence-electron chi connectivity index (χ3n) is 3.22. The molecule has 1 saturated heterocycles. The molecule has 4 heteroatoms. The molecule has 1 fully saturated rings. The molecule has 4 nitrogen and oxygen atoms in total. The van der Waals surface area contributed by atoms with Gasteiger partial charge < -0.3 is 9.84 Å². The summed E-state index contributed by atoms with van der Waals surface area (Å²) in [7, 11) is 0. The van der Waals surface area contributed by atoms with Gasteiger partial charge in [-0.2, -0.15) is 5.10 Å². The molecule has 0 bridgehead atoms. The van der Waals surface area contributed by atoms with Gasteiger partial charge in [-0.05, 0) is 26.8 Å². The lowest BCUT2D eigenvalue weighted by Crippen LogP contribution is -2.45. The second-order valence-corrected chi connectivity index (χ2v) is 5.10. The Labute approximate surface area is 96.2 Å². The third kappa shape index (κ3) is 1.99. The molecule has 1 unspecified atom stereocenters. The van der Waals surface area contributed by atoms with Gasteiger partial charge in [0.05, 0.1) is 17.9 Å². The van der Waals surface area contributed by atoms with Gasteiger partial charge in [0.15, 0.2) is 0 Å². The van der Waals surface area contributed by atoms with E-state index in [2.05, 4.69) is 5.10 Å². The summed E-state index contributed by atoms with van der Waals surface area (Å²) in [6.45, 7) is 7.45. The van der Waals surface area contributed by atoms with Crippen molar-refractivity contribution in [3.63, 3.8) is 0 Å². The van der Waals surface area contributed by atoms with Crippen molar-refractivity contribution in [2.75, 3.05) is 6.61 Å². The van der Waals surface area contributed by atoms with Crippen LogP contribution in [0.15, 0.2) is 12.3 Å². The van der Waals surface area contributed by atoms with Gasteiger partial charge in [0.2, 0.25) is 0 Å². The predicted molar refractivity (Wildman–Crippen MR) is 61.1 cm³/mol. The molecular formula is C12H20N2O2. The molecule has 0 radical (unpaired) electrons. The average Bonchev–Trinajstić information content (AvgIpc) is 2.63. The van der Waals surface area contributed by atoms with Gasteiger partial charge in [-0.25, -0.2) is 0 Å². The Bertz CT molecular complexity index is 373. The quantitative estimate of drug-likeness (QED) is 0.831. The van der Waals surface area contributed by atoms with Crippen molar-refractivity contribution in [2.24, 2.45) is 0 Å². The molecule has 0 spiro atoms. The predicted octanol–water partition coefficient (Wildman–Crippen LogP) is 1.68. The van der Waals surface area contributed by atoms with E-state index < -0.39 is 5.60 Å². The zero-order valence-corrected chi connectivity index (χ0v) is 10.2. The highest BCUT2D eigenvalue weighted by Crippen LogP contribution is 2.39. The number of hydrogen-bond donors (Lipinski definition) is 1. The molecule has 1 aliphatic rings. The van der Waals surface area contributed by atoms with Crippen LogP contribution in [0.3, 0.4) is 0 Å². The molecule has 0 aromatic carbocycles. The van der Waals surface area contributed by atoms with Gasteiger partial charge in [0, 0.05) is 25.6 Å². The number of hydrogen-bond acceptors (Lipinski definition) is 3. The van der Waals surface area contributed by atoms with Crippen molar-refractivity contribution in [3.05, 3.63) is 18.0 Å². The minimum Gasteiger partial charge on any atom is -0.383 e. The summed E-state index contributed by atoms with van der Waals surface area (Å²) in [5.41, 5.74) is -0.157. The van der Waals surface area contributed by atoms with Crippen LogP contribution >= 0.6 is 0 Å². The molecule has 90 valence electrons. The summed E-state index contributed by atoms with van der Waals surface area (Å²) >= 11 is 0. The fourth-order valence-corrected chi connectivity index (χ4v) is 2.54. The lowest BCUT2D eigenvalue weighted by atomic mass is 9.82. The Hall–Kier alpha value is -0.870. The van der Waals surface area contributed by atoms with Crippen molar-refractivity contribution in [2.45, 2.75) is 51.4 Å². The van der Waals surface area contributed by atoms with Crippen LogP contribution in [0.2, 0.25) is 0 Å². The zero-order valence-electron chi connectivity index (χ0n) is 10.2. The maximum Gasteiger partial charge on any atom is 0.111 e. The van der Waals surface area contributed by atoms with E-state index in [1.807, 2.05) is 31.5 Å². The number of nitrogens with zero attached hydrogens (tertiary/aromatic N) is 2. The highest BCUT2D eigenvalue weighted by molar-refractivity contribution is 5.14. The topological polar surface area (TPSA) is 47.3 Å². The van der Waals surface area contributed by atoms with E-state index in [9.17, 15) is 5.11 Å². The molecule has 2 heterocycles. The van der Waals surface area contributed by atoms with Gasteiger partial charge in [-0.1, -0.05) is 0 Å². The highest BCUT2D eigenvalue weighted by Gasteiger charge is 2.42. The summed E-state index contributed by atoms with van der Waals surface area (Å²) in [5, 5.41) is 15.0. The summed E-state index contributed by atoms with van der Waals surface area (Å²) in [6.07, 6.45) is 3.01. The van der Waals surface area contributed by atoms with E-state index in [0.717, 1.165) is 12.2 Å². The van der Waals surface area contributed by atoms with Gasteiger partial charge in [-0.3, -0.25) is 4.68 Å². The van der Waals surface area contributed by atoms with Crippen LogP contribution in [-0.4, -0.2) is 27.1 Å². The van der Waals surface area contributed by atoms with E-state index in [0.29, 0.717) is 19.4 Å². The smallest absolute Gasteiger partial charge is 0.111 e. The monoisotopic (exact) mass is 224 g/mol. The van der Waals surface area contributed by atoms with Crippen LogP contribution in [0.4, 0.5) is 0 Å². The Morgan fingerprint density at radius 1 is 1.56 bits per heavy atom. The van der Waals surface area contributed by atoms with Gasteiger partial charge in [-0.15, -0.1) is 0 Å². The minimum absolute atomic E-state index is 0.268. The minimum atomic E-state index is -0.797. The molecule has 0 saturated carbocycles. The molecule has 1 aromatic rings. The Morgan fingerprint density at radius 3 is 2.94 bits per heavy atom. The lowest BCUT2D eigenvalue weighted by Gasteiger charge is -2.41. The maximum atomic E-state index is 10.7. The van der Waals surface area contributed by atoms with E-state index >= 15 is 0 Å². The van der Waals surface area contributed by atoms with E-state index in [1.165, 1.54) is 0 Å². The van der Waals surface area contributed by atoms with E-state index in [4.69, 9.17) is 4.74 Å². The SMILES string of the molecule is CCn1nccc1C1(O)CCOC(C)(C)C1. The fraction of sp³-hybridized carbons (Fsp3) is 0.750. The van der Waals surface area contributed by atoms with E-state index in [1.54, 1.807) is 6.20 Å². The number of aliphatic hydroxyl groups is 1. The maximum absolute atomic E-state index is 10.7. The molecule has 0 aliphatic carbocycles. The first-order valence-corrected chi connectivity index (χ1v) is 5.85. The number of rotatable bonds is 2. The molecule has 2 rings (SSSR count). The van der Waals surface area contributed by atoms with Crippen molar-refractivity contribution < 1.29 is 9.84 Å². The normalized spacial score (nSPS) is 29.2. The van der Waals surface area contributed by atoms with Crippen LogP contribution in [-0.2, 0) is 16.9 Å². The second kappa shape index (κ2) is 3.86. The summed E-state index contributed by atoms with van der Waals surface area (Å²) in [4.78, 5) is 0. The first-order chi connectivity index (χ1) is 7.47. The Kier molecular flexibility index (Phi) is 2.80. The molecular weight excluding hydrogens is 204 g/mol. The van der Waals surface area contributed by atoms with Gasteiger partial charge >= 0.3 is 0 Å². The van der Waals surface area contributed by atoms with Crippen LogP contribution in [0.1, 0.15) is 39.3 Å². The van der Waals surface area contributed by atoms with Gasteiger partial charge in [0.1, 0.15) is 5.60 Å². The molecule has 1 atom stereocenters. The van der Waals surface area contributed by atoms with Crippen molar-refractivity contribution in [3.8, 4) is 0 Å². The lowest BCUT2D eigenvalue weighted by molar-refractivity contribution is -0.151. The van der Waals surface area contributed by atoms with Crippen molar-refractivity contribution in [1.29, 1.82) is 0 Å². The molecule has 0 amide bonds. The first-order valence-electron chi connectivity index (χ1n) is 5.85. The Morgan fingerprint density at radius 2 is 2.31 bits per heavy atom. The molecule has 1 N–H and O–H groups in total. The number of aromatic nitrogens is 2. The second-order valence-electron chi connectivity index (χ2n) is 5.10. The van der Waals surface area contributed by atoms with Crippen LogP contribution in [0.5, 0.6) is 0 Å². The third-order valence-corrected chi connectivity index (χ3v) is 3.22. The van der Waals surface area contributed by atoms with E-state index in [-0.39, 0.29) is 5.60 Å². The van der Waals surface area contributed by atoms with Crippen molar-refractivity contribution >= 4 is 0 Å². The average molecular weight is 224 g/mol. The first kappa shape index (κ1) is 11.6. The van der Waals surface area contributed by atoms with Crippen LogP contribution in [0.25, 0.3) is 0 Å². The van der Waals surface area contributed by atoms with Gasteiger partial charge in [0.25, 0.3) is 0 Å². The highest BCUT2D eigenvalue weighted by atomic mass is 16.5. The molecule has 1 aromatic heterocycles. The Balaban J connectivity index is 2.31. The van der Waals surface area contributed by atoms with Crippen LogP contribution in [0, 0.1) is 0 Å². The van der Waals surface area contributed by atoms with Crippen LogP contribution < -0.4 is 0 Å². The molecule has 1 aliphatic heterocycles. The number of ether oxygens (including phenoxy) is 1. The number of aryl methyl sites for hydroxylation is 1. The van der Waals surface area contributed by atoms with Crippen molar-refractivity contribution in [1.82, 2.24) is 9.78 Å². The fourth-order valence-electron chi connectivity index (χ4n) is 2.54.